The van der Waals surface area contributed by atoms with Gasteiger partial charge in [0.1, 0.15) is 0 Å². The fraction of sp³-hybridized carbons (Fsp3) is 1.00. The molecule has 1 aliphatic carbocycles. The third kappa shape index (κ3) is 1.40. The Morgan fingerprint density at radius 3 is 2.85 bits per heavy atom. The van der Waals surface area contributed by atoms with Crippen LogP contribution < -0.4 is 0 Å². The van der Waals surface area contributed by atoms with Gasteiger partial charge in [0.15, 0.2) is 0 Å². The molecular weight excluding hydrogens is 162 g/mol. The first-order valence-electron chi connectivity index (χ1n) is 5.67. The third-order valence-electron chi connectivity index (χ3n) is 4.14. The first-order valence-corrected chi connectivity index (χ1v) is 5.67. The zero-order valence-corrected chi connectivity index (χ0v) is 8.63. The van der Waals surface area contributed by atoms with Crippen LogP contribution in [0.5, 0.6) is 0 Å². The van der Waals surface area contributed by atoms with Gasteiger partial charge in [-0.05, 0) is 38.8 Å². The van der Waals surface area contributed by atoms with E-state index in [1.807, 2.05) is 0 Å². The third-order valence-corrected chi connectivity index (χ3v) is 4.14. The Bertz CT molecular complexity index is 183. The van der Waals surface area contributed by atoms with Crippen molar-refractivity contribution in [1.82, 2.24) is 4.90 Å². The number of likely N-dealkylation sites (tertiary alicyclic amines) is 1. The van der Waals surface area contributed by atoms with Crippen molar-refractivity contribution >= 4 is 0 Å². The Labute approximate surface area is 80.9 Å². The topological polar surface area (TPSA) is 23.5 Å². The normalized spacial score (nSPS) is 40.6. The number of piperidine rings is 1. The largest absolute Gasteiger partial charge is 0.396 e. The van der Waals surface area contributed by atoms with Gasteiger partial charge in [-0.1, -0.05) is 13.3 Å². The van der Waals surface area contributed by atoms with Crippen LogP contribution in [0.15, 0.2) is 0 Å². The van der Waals surface area contributed by atoms with Gasteiger partial charge in [0.2, 0.25) is 0 Å². The highest BCUT2D eigenvalue weighted by atomic mass is 16.3. The maximum absolute atomic E-state index is 9.54. The van der Waals surface area contributed by atoms with Crippen LogP contribution in [0.3, 0.4) is 0 Å². The predicted octanol–water partition coefficient (Wildman–Crippen LogP) is 1.63. The van der Waals surface area contributed by atoms with Gasteiger partial charge in [-0.3, -0.25) is 0 Å². The van der Waals surface area contributed by atoms with Crippen LogP contribution in [-0.4, -0.2) is 35.7 Å². The average molecular weight is 183 g/mol. The summed E-state index contributed by atoms with van der Waals surface area (Å²) in [6, 6.07) is 0.691. The van der Waals surface area contributed by atoms with E-state index in [0.717, 1.165) is 6.54 Å². The van der Waals surface area contributed by atoms with E-state index in [-0.39, 0.29) is 5.41 Å². The number of nitrogens with zero attached hydrogens (tertiary/aromatic N) is 1. The second-order valence-corrected chi connectivity index (χ2v) is 4.66. The van der Waals surface area contributed by atoms with Crippen molar-refractivity contribution in [1.29, 1.82) is 0 Å². The minimum atomic E-state index is 0.286. The van der Waals surface area contributed by atoms with Crippen LogP contribution in [-0.2, 0) is 0 Å². The number of fused-ring (bicyclic) bond motifs is 1. The maximum atomic E-state index is 9.54. The summed E-state index contributed by atoms with van der Waals surface area (Å²) in [6.45, 7) is 5.06. The fourth-order valence-electron chi connectivity index (χ4n) is 3.41. The lowest BCUT2D eigenvalue weighted by atomic mass is 9.75. The molecule has 0 aromatic rings. The molecule has 2 nitrogen and oxygen atoms in total. The molecule has 0 aromatic heterocycles. The van der Waals surface area contributed by atoms with Gasteiger partial charge in [0.05, 0.1) is 6.61 Å². The lowest BCUT2D eigenvalue weighted by molar-refractivity contribution is -0.00296. The van der Waals surface area contributed by atoms with Gasteiger partial charge in [-0.15, -0.1) is 0 Å². The Hall–Kier alpha value is -0.0800. The highest BCUT2D eigenvalue weighted by molar-refractivity contribution is 4.99. The van der Waals surface area contributed by atoms with Crippen LogP contribution in [0.1, 0.15) is 39.0 Å². The fourth-order valence-corrected chi connectivity index (χ4v) is 3.41. The molecule has 0 radical (unpaired) electrons. The molecule has 76 valence electrons. The number of aliphatic hydroxyl groups excluding tert-OH is 1. The zero-order valence-electron chi connectivity index (χ0n) is 8.63. The van der Waals surface area contributed by atoms with E-state index >= 15 is 0 Å². The zero-order chi connectivity index (χ0) is 9.31. The van der Waals surface area contributed by atoms with Gasteiger partial charge in [-0.2, -0.15) is 0 Å². The van der Waals surface area contributed by atoms with Crippen molar-refractivity contribution < 1.29 is 5.11 Å². The highest BCUT2D eigenvalue weighted by Crippen LogP contribution is 2.47. The standard InChI is InChI=1S/C11H21NO/c1-2-12-8-4-7-11(9-13)6-3-5-10(11)12/h10,13H,2-9H2,1H3/t10-,11-/m1/s1. The minimum Gasteiger partial charge on any atom is -0.396 e. The van der Waals surface area contributed by atoms with Crippen molar-refractivity contribution in [2.45, 2.75) is 45.1 Å². The average Bonchev–Trinajstić information content (AvgIpc) is 2.61. The Kier molecular flexibility index (Phi) is 2.61. The van der Waals surface area contributed by atoms with E-state index in [9.17, 15) is 5.11 Å². The molecule has 2 atom stereocenters. The van der Waals surface area contributed by atoms with Crippen LogP contribution >= 0.6 is 0 Å². The molecule has 0 unspecified atom stereocenters. The molecule has 0 aromatic carbocycles. The van der Waals surface area contributed by atoms with Gasteiger partial charge >= 0.3 is 0 Å². The second-order valence-electron chi connectivity index (χ2n) is 4.66. The summed E-state index contributed by atoms with van der Waals surface area (Å²) in [5.41, 5.74) is 0.286. The lowest BCUT2D eigenvalue weighted by Crippen LogP contribution is -2.50. The molecule has 0 spiro atoms. The summed E-state index contributed by atoms with van der Waals surface area (Å²) in [6.07, 6.45) is 6.43. The molecule has 1 aliphatic heterocycles. The number of rotatable bonds is 2. The molecule has 1 saturated carbocycles. The molecule has 0 amide bonds. The van der Waals surface area contributed by atoms with Gasteiger partial charge in [0, 0.05) is 11.5 Å². The first-order chi connectivity index (χ1) is 6.32. The number of aliphatic hydroxyl groups is 1. The van der Waals surface area contributed by atoms with Crippen LogP contribution in [0.4, 0.5) is 0 Å². The minimum absolute atomic E-state index is 0.286. The Morgan fingerprint density at radius 1 is 1.38 bits per heavy atom. The molecule has 1 N–H and O–H groups in total. The van der Waals surface area contributed by atoms with E-state index < -0.39 is 0 Å². The molecular formula is C11H21NO. The van der Waals surface area contributed by atoms with E-state index in [0.29, 0.717) is 12.6 Å². The summed E-state index contributed by atoms with van der Waals surface area (Å²) in [5, 5.41) is 9.54. The summed E-state index contributed by atoms with van der Waals surface area (Å²) in [4.78, 5) is 2.58. The van der Waals surface area contributed by atoms with Crippen molar-refractivity contribution in [3.05, 3.63) is 0 Å². The SMILES string of the molecule is CCN1CCC[C@@]2(CO)CCC[C@@H]12. The van der Waals surface area contributed by atoms with E-state index in [1.165, 1.54) is 38.6 Å². The van der Waals surface area contributed by atoms with Crippen LogP contribution in [0.25, 0.3) is 0 Å². The van der Waals surface area contributed by atoms with E-state index in [1.54, 1.807) is 0 Å². The van der Waals surface area contributed by atoms with E-state index in [2.05, 4.69) is 11.8 Å². The van der Waals surface area contributed by atoms with Crippen molar-refractivity contribution in [3.8, 4) is 0 Å². The predicted molar refractivity (Wildman–Crippen MR) is 53.6 cm³/mol. The number of hydrogen-bond donors (Lipinski definition) is 1. The van der Waals surface area contributed by atoms with Gasteiger partial charge < -0.3 is 10.0 Å². The molecule has 1 heterocycles. The summed E-state index contributed by atoms with van der Waals surface area (Å²) in [7, 11) is 0. The first kappa shape index (κ1) is 9.47. The van der Waals surface area contributed by atoms with Gasteiger partial charge in [-0.25, -0.2) is 0 Å². The molecule has 2 fully saturated rings. The van der Waals surface area contributed by atoms with Crippen LogP contribution in [0, 0.1) is 5.41 Å². The monoisotopic (exact) mass is 183 g/mol. The van der Waals surface area contributed by atoms with E-state index in [4.69, 9.17) is 0 Å². The number of hydrogen-bond acceptors (Lipinski definition) is 2. The summed E-state index contributed by atoms with van der Waals surface area (Å²) >= 11 is 0. The second kappa shape index (κ2) is 3.58. The summed E-state index contributed by atoms with van der Waals surface area (Å²) < 4.78 is 0. The molecule has 2 rings (SSSR count). The Balaban J connectivity index is 2.15. The molecule has 13 heavy (non-hydrogen) atoms. The van der Waals surface area contributed by atoms with Gasteiger partial charge in [0.25, 0.3) is 0 Å². The summed E-state index contributed by atoms with van der Waals surface area (Å²) in [5.74, 6) is 0. The quantitative estimate of drug-likeness (QED) is 0.703. The van der Waals surface area contributed by atoms with Crippen molar-refractivity contribution in [2.75, 3.05) is 19.7 Å². The highest BCUT2D eigenvalue weighted by Gasteiger charge is 2.46. The molecule has 0 bridgehead atoms. The van der Waals surface area contributed by atoms with Crippen LogP contribution in [0.2, 0.25) is 0 Å². The van der Waals surface area contributed by atoms with Crippen molar-refractivity contribution in [2.24, 2.45) is 5.41 Å². The molecule has 1 saturated heterocycles. The Morgan fingerprint density at radius 2 is 2.15 bits per heavy atom. The lowest BCUT2D eigenvalue weighted by Gasteiger charge is -2.45. The maximum Gasteiger partial charge on any atom is 0.0502 e. The molecule has 2 heteroatoms. The van der Waals surface area contributed by atoms with Crippen molar-refractivity contribution in [3.63, 3.8) is 0 Å². The molecule has 2 aliphatic rings. The smallest absolute Gasteiger partial charge is 0.0502 e.